The minimum absolute atomic E-state index is 0. The Morgan fingerprint density at radius 3 is 2.09 bits per heavy atom. The van der Waals surface area contributed by atoms with Crippen LogP contribution in [0, 0.1) is 5.92 Å². The fourth-order valence-electron chi connectivity index (χ4n) is 0.814. The van der Waals surface area contributed by atoms with Gasteiger partial charge < -0.3 is 10.4 Å². The molecule has 68 valence electrons. The Bertz CT molecular complexity index is 117. The number of halogens is 1. The van der Waals surface area contributed by atoms with Gasteiger partial charge in [-0.3, -0.25) is 4.79 Å². The van der Waals surface area contributed by atoms with E-state index in [0.717, 1.165) is 0 Å². The zero-order chi connectivity index (χ0) is 8.15. The summed E-state index contributed by atoms with van der Waals surface area (Å²) in [6, 6.07) is -0.389. The van der Waals surface area contributed by atoms with Gasteiger partial charge in [-0.25, -0.2) is 0 Å². The highest BCUT2D eigenvalue weighted by molar-refractivity contribution is 8.93. The Balaban J connectivity index is 0. The predicted octanol–water partition coefficient (Wildman–Crippen LogP) is 1.28. The molecule has 0 aliphatic carbocycles. The van der Waals surface area contributed by atoms with Gasteiger partial charge in [0.1, 0.15) is 6.04 Å². The second kappa shape index (κ2) is 6.61. The van der Waals surface area contributed by atoms with Crippen LogP contribution in [0.25, 0.3) is 0 Å². The van der Waals surface area contributed by atoms with Gasteiger partial charge in [-0.2, -0.15) is 0 Å². The highest BCUT2D eigenvalue weighted by atomic mass is 79.9. The number of hydrogen-bond donors (Lipinski definition) is 2. The summed E-state index contributed by atoms with van der Waals surface area (Å²) in [4.78, 5) is 10.4. The van der Waals surface area contributed by atoms with Crippen LogP contribution in [0.4, 0.5) is 0 Å². The first-order valence-electron chi connectivity index (χ1n) is 3.48. The van der Waals surface area contributed by atoms with Gasteiger partial charge in [0.05, 0.1) is 0 Å². The summed E-state index contributed by atoms with van der Waals surface area (Å²) in [6.45, 7) is 4.01. The highest BCUT2D eigenvalue weighted by Gasteiger charge is 2.15. The molecule has 4 heteroatoms. The van der Waals surface area contributed by atoms with Crippen molar-refractivity contribution in [2.75, 3.05) is 7.05 Å². The van der Waals surface area contributed by atoms with Gasteiger partial charge in [-0.1, -0.05) is 13.8 Å². The van der Waals surface area contributed by atoms with Gasteiger partial charge in [0.15, 0.2) is 0 Å². The van der Waals surface area contributed by atoms with E-state index in [-0.39, 0.29) is 23.0 Å². The molecule has 3 nitrogen and oxygen atoms in total. The largest absolute Gasteiger partial charge is 0.480 e. The molecule has 0 saturated heterocycles. The molecule has 11 heavy (non-hydrogen) atoms. The second-order valence-electron chi connectivity index (χ2n) is 2.81. The van der Waals surface area contributed by atoms with Crippen LogP contribution in [0.3, 0.4) is 0 Å². The van der Waals surface area contributed by atoms with Crippen molar-refractivity contribution in [2.45, 2.75) is 26.3 Å². The van der Waals surface area contributed by atoms with Crippen molar-refractivity contribution in [2.24, 2.45) is 5.92 Å². The lowest BCUT2D eigenvalue weighted by atomic mass is 10.0. The van der Waals surface area contributed by atoms with E-state index < -0.39 is 5.97 Å². The number of carboxylic acid groups (broad SMARTS) is 1. The maximum absolute atomic E-state index is 10.4. The van der Waals surface area contributed by atoms with Gasteiger partial charge in [0.25, 0.3) is 0 Å². The molecule has 0 aromatic rings. The van der Waals surface area contributed by atoms with Crippen LogP contribution in [-0.4, -0.2) is 24.2 Å². The Labute approximate surface area is 77.9 Å². The first-order chi connectivity index (χ1) is 4.57. The average molecular weight is 226 g/mol. The van der Waals surface area contributed by atoms with E-state index >= 15 is 0 Å². The van der Waals surface area contributed by atoms with Crippen LogP contribution in [-0.2, 0) is 4.79 Å². The molecule has 0 aliphatic rings. The first-order valence-corrected chi connectivity index (χ1v) is 3.48. The van der Waals surface area contributed by atoms with Crippen LogP contribution in [0.15, 0.2) is 0 Å². The molecule has 0 aliphatic heterocycles. The number of hydrogen-bond acceptors (Lipinski definition) is 2. The smallest absolute Gasteiger partial charge is 0.320 e. The van der Waals surface area contributed by atoms with E-state index in [0.29, 0.717) is 12.3 Å². The predicted molar refractivity (Wildman–Crippen MR) is 50.3 cm³/mol. The molecule has 0 aromatic carbocycles. The lowest BCUT2D eigenvalue weighted by Crippen LogP contribution is -2.34. The topological polar surface area (TPSA) is 49.3 Å². The zero-order valence-electron chi connectivity index (χ0n) is 7.13. The quantitative estimate of drug-likeness (QED) is 0.759. The number of likely N-dealkylation sites (N-methyl/N-ethyl adjacent to an activating group) is 1. The summed E-state index contributed by atoms with van der Waals surface area (Å²) < 4.78 is 0. The molecule has 0 radical (unpaired) electrons. The van der Waals surface area contributed by atoms with E-state index in [4.69, 9.17) is 5.11 Å². The third-order valence-electron chi connectivity index (χ3n) is 1.35. The Morgan fingerprint density at radius 1 is 1.55 bits per heavy atom. The van der Waals surface area contributed by atoms with Crippen molar-refractivity contribution in [3.8, 4) is 0 Å². The van der Waals surface area contributed by atoms with Crippen LogP contribution in [0.5, 0.6) is 0 Å². The lowest BCUT2D eigenvalue weighted by molar-refractivity contribution is -0.139. The zero-order valence-corrected chi connectivity index (χ0v) is 8.84. The summed E-state index contributed by atoms with van der Waals surface area (Å²) >= 11 is 0. The maximum atomic E-state index is 10.4. The standard InChI is InChI=1S/C7H15NO2.BrH/c1-5(2)4-6(8-3)7(9)10;/h5-6,8H,4H2,1-3H3,(H,9,10);1H/t6-;/m0./s1. The molecule has 0 unspecified atom stereocenters. The fourth-order valence-corrected chi connectivity index (χ4v) is 0.814. The van der Waals surface area contributed by atoms with Crippen molar-refractivity contribution in [1.82, 2.24) is 5.32 Å². The van der Waals surface area contributed by atoms with E-state index in [9.17, 15) is 4.79 Å². The minimum atomic E-state index is -0.767. The van der Waals surface area contributed by atoms with Crippen molar-refractivity contribution in [3.05, 3.63) is 0 Å². The summed E-state index contributed by atoms with van der Waals surface area (Å²) in [7, 11) is 1.67. The first kappa shape index (κ1) is 13.5. The Kier molecular flexibility index (Phi) is 8.11. The lowest BCUT2D eigenvalue weighted by Gasteiger charge is -2.12. The fraction of sp³-hybridized carbons (Fsp3) is 0.857. The number of aliphatic carboxylic acids is 1. The second-order valence-corrected chi connectivity index (χ2v) is 2.81. The average Bonchev–Trinajstić information content (AvgIpc) is 1.81. The molecule has 0 amide bonds. The van der Waals surface area contributed by atoms with Gasteiger partial charge in [0, 0.05) is 0 Å². The van der Waals surface area contributed by atoms with Gasteiger partial charge in [-0.05, 0) is 19.4 Å². The van der Waals surface area contributed by atoms with Gasteiger partial charge in [-0.15, -0.1) is 17.0 Å². The van der Waals surface area contributed by atoms with E-state index in [1.165, 1.54) is 0 Å². The van der Waals surface area contributed by atoms with E-state index in [1.54, 1.807) is 7.05 Å². The summed E-state index contributed by atoms with van der Waals surface area (Å²) in [5, 5.41) is 11.3. The molecule has 0 bridgehead atoms. The normalized spacial score (nSPS) is 12.4. The maximum Gasteiger partial charge on any atom is 0.320 e. The van der Waals surface area contributed by atoms with Crippen LogP contribution >= 0.6 is 17.0 Å². The summed E-state index contributed by atoms with van der Waals surface area (Å²) in [6.07, 6.45) is 0.686. The van der Waals surface area contributed by atoms with Gasteiger partial charge in [0.2, 0.25) is 0 Å². The third-order valence-corrected chi connectivity index (χ3v) is 1.35. The molecular formula is C7H16BrNO2. The van der Waals surface area contributed by atoms with E-state index in [2.05, 4.69) is 5.32 Å². The molecular weight excluding hydrogens is 210 g/mol. The SMILES string of the molecule is Br.CN[C@@H](CC(C)C)C(=O)O. The number of carbonyl (C=O) groups is 1. The molecule has 0 saturated carbocycles. The number of rotatable bonds is 4. The Hall–Kier alpha value is -0.0900. The van der Waals surface area contributed by atoms with Crippen LogP contribution in [0.1, 0.15) is 20.3 Å². The molecule has 0 rings (SSSR count). The molecule has 1 atom stereocenters. The van der Waals surface area contributed by atoms with Crippen molar-refractivity contribution in [3.63, 3.8) is 0 Å². The molecule has 0 heterocycles. The molecule has 2 N–H and O–H groups in total. The van der Waals surface area contributed by atoms with Crippen molar-refractivity contribution in [1.29, 1.82) is 0 Å². The summed E-state index contributed by atoms with van der Waals surface area (Å²) in [5.74, 6) is -0.343. The summed E-state index contributed by atoms with van der Waals surface area (Å²) in [5.41, 5.74) is 0. The Morgan fingerprint density at radius 2 is 2.00 bits per heavy atom. The molecule has 0 spiro atoms. The van der Waals surface area contributed by atoms with Crippen molar-refractivity contribution >= 4 is 23.0 Å². The van der Waals surface area contributed by atoms with E-state index in [1.807, 2.05) is 13.8 Å². The number of carboxylic acids is 1. The number of nitrogens with one attached hydrogen (secondary N) is 1. The van der Waals surface area contributed by atoms with Crippen molar-refractivity contribution < 1.29 is 9.90 Å². The highest BCUT2D eigenvalue weighted by Crippen LogP contribution is 2.03. The van der Waals surface area contributed by atoms with Crippen LogP contribution < -0.4 is 5.32 Å². The molecule has 0 aromatic heterocycles. The third kappa shape index (κ3) is 6.31. The van der Waals surface area contributed by atoms with Gasteiger partial charge >= 0.3 is 5.97 Å². The monoisotopic (exact) mass is 225 g/mol. The molecule has 0 fully saturated rings. The minimum Gasteiger partial charge on any atom is -0.480 e. The van der Waals surface area contributed by atoms with Crippen LogP contribution in [0.2, 0.25) is 0 Å².